The van der Waals surface area contributed by atoms with E-state index in [0.717, 1.165) is 31.7 Å². The first-order chi connectivity index (χ1) is 9.92. The molecule has 3 N–H and O–H groups in total. The normalized spacial score (nSPS) is 23.1. The number of nitrogen functional groups attached to an aromatic ring is 1. The summed E-state index contributed by atoms with van der Waals surface area (Å²) >= 11 is 0. The maximum absolute atomic E-state index is 13.4. The average molecular weight is 314 g/mol. The molecule has 0 spiro atoms. The molecular weight excluding hydrogens is 291 g/mol. The van der Waals surface area contributed by atoms with Gasteiger partial charge >= 0.3 is 0 Å². The van der Waals surface area contributed by atoms with Crippen LogP contribution in [-0.4, -0.2) is 14.5 Å². The monoisotopic (exact) mass is 314 g/mol. The largest absolute Gasteiger partial charge is 0.396 e. The third kappa shape index (κ3) is 4.17. The zero-order valence-electron chi connectivity index (χ0n) is 12.3. The molecule has 1 aliphatic carbocycles. The van der Waals surface area contributed by atoms with E-state index >= 15 is 0 Å². The maximum atomic E-state index is 13.4. The Bertz CT molecular complexity index is 581. The Morgan fingerprint density at radius 3 is 2.52 bits per heavy atom. The highest BCUT2D eigenvalue weighted by molar-refractivity contribution is 7.89. The SMILES string of the molecule is CCCC1CCC(NS(=O)(=O)c2ccc(N)c(F)c2)CC1. The second kappa shape index (κ2) is 6.75. The number of hydrogen-bond acceptors (Lipinski definition) is 3. The summed E-state index contributed by atoms with van der Waals surface area (Å²) in [7, 11) is -3.67. The number of anilines is 1. The van der Waals surface area contributed by atoms with Crippen LogP contribution in [0.1, 0.15) is 45.4 Å². The Balaban J connectivity index is 2.00. The minimum Gasteiger partial charge on any atom is -0.396 e. The predicted molar refractivity (Wildman–Crippen MR) is 81.8 cm³/mol. The van der Waals surface area contributed by atoms with Gasteiger partial charge in [0, 0.05) is 6.04 Å². The lowest BCUT2D eigenvalue weighted by atomic mass is 9.84. The van der Waals surface area contributed by atoms with E-state index in [9.17, 15) is 12.8 Å². The summed E-state index contributed by atoms with van der Waals surface area (Å²) in [5, 5.41) is 0. The molecule has 1 aromatic rings. The molecule has 0 bridgehead atoms. The van der Waals surface area contributed by atoms with Crippen molar-refractivity contribution in [2.75, 3.05) is 5.73 Å². The van der Waals surface area contributed by atoms with Crippen LogP contribution in [0.2, 0.25) is 0 Å². The summed E-state index contributed by atoms with van der Waals surface area (Å²) in [5.74, 6) is 0.00857. The van der Waals surface area contributed by atoms with Crippen LogP contribution in [0.15, 0.2) is 23.1 Å². The van der Waals surface area contributed by atoms with E-state index in [1.807, 2.05) is 0 Å². The van der Waals surface area contributed by atoms with Crippen molar-refractivity contribution in [1.82, 2.24) is 4.72 Å². The van der Waals surface area contributed by atoms with Gasteiger partial charge in [0.1, 0.15) is 5.82 Å². The van der Waals surface area contributed by atoms with Crippen LogP contribution >= 0.6 is 0 Å². The van der Waals surface area contributed by atoms with E-state index in [1.54, 1.807) is 0 Å². The van der Waals surface area contributed by atoms with Crippen molar-refractivity contribution in [3.8, 4) is 0 Å². The number of benzene rings is 1. The summed E-state index contributed by atoms with van der Waals surface area (Å²) < 4.78 is 40.6. The summed E-state index contributed by atoms with van der Waals surface area (Å²) in [5.41, 5.74) is 5.32. The zero-order chi connectivity index (χ0) is 15.5. The average Bonchev–Trinajstić information content (AvgIpc) is 2.44. The Morgan fingerprint density at radius 2 is 1.95 bits per heavy atom. The number of hydrogen-bond donors (Lipinski definition) is 2. The van der Waals surface area contributed by atoms with E-state index in [2.05, 4.69) is 11.6 Å². The Morgan fingerprint density at radius 1 is 1.29 bits per heavy atom. The van der Waals surface area contributed by atoms with E-state index in [0.29, 0.717) is 5.92 Å². The molecule has 1 fully saturated rings. The smallest absolute Gasteiger partial charge is 0.240 e. The molecule has 0 aliphatic heterocycles. The Labute approximate surface area is 126 Å². The van der Waals surface area contributed by atoms with Crippen molar-refractivity contribution in [3.05, 3.63) is 24.0 Å². The van der Waals surface area contributed by atoms with Crippen LogP contribution in [-0.2, 0) is 10.0 Å². The van der Waals surface area contributed by atoms with E-state index in [4.69, 9.17) is 5.73 Å². The first-order valence-corrected chi connectivity index (χ1v) is 8.98. The van der Waals surface area contributed by atoms with Gasteiger partial charge in [-0.1, -0.05) is 19.8 Å². The number of nitrogens with one attached hydrogen (secondary N) is 1. The molecule has 1 aliphatic rings. The van der Waals surface area contributed by atoms with Crippen LogP contribution in [0.5, 0.6) is 0 Å². The molecule has 1 aromatic carbocycles. The molecule has 0 saturated heterocycles. The standard InChI is InChI=1S/C15H23FN2O2S/c1-2-3-11-4-6-12(7-5-11)18-21(19,20)13-8-9-15(17)14(16)10-13/h8-12,18H,2-7,17H2,1H3. The minimum atomic E-state index is -3.67. The molecule has 21 heavy (non-hydrogen) atoms. The van der Waals surface area contributed by atoms with E-state index in [-0.39, 0.29) is 16.6 Å². The van der Waals surface area contributed by atoms with Crippen LogP contribution in [0, 0.1) is 11.7 Å². The molecule has 0 aromatic heterocycles. The summed E-state index contributed by atoms with van der Waals surface area (Å²) in [4.78, 5) is -0.0649. The van der Waals surface area contributed by atoms with Crippen LogP contribution in [0.3, 0.4) is 0 Å². The molecule has 6 heteroatoms. The lowest BCUT2D eigenvalue weighted by Crippen LogP contribution is -2.37. The molecule has 2 rings (SSSR count). The van der Waals surface area contributed by atoms with E-state index < -0.39 is 15.8 Å². The van der Waals surface area contributed by atoms with Crippen molar-refractivity contribution in [1.29, 1.82) is 0 Å². The van der Waals surface area contributed by atoms with Gasteiger partial charge in [-0.2, -0.15) is 0 Å². The molecule has 0 atom stereocenters. The fourth-order valence-corrected chi connectivity index (χ4v) is 4.26. The number of sulfonamides is 1. The molecule has 0 heterocycles. The highest BCUT2D eigenvalue weighted by atomic mass is 32.2. The lowest BCUT2D eigenvalue weighted by Gasteiger charge is -2.28. The number of rotatable bonds is 5. The molecular formula is C15H23FN2O2S. The molecule has 0 amide bonds. The van der Waals surface area contributed by atoms with Gasteiger partial charge in [-0.15, -0.1) is 0 Å². The van der Waals surface area contributed by atoms with Gasteiger partial charge in [0.15, 0.2) is 0 Å². The fourth-order valence-electron chi connectivity index (χ4n) is 2.94. The lowest BCUT2D eigenvalue weighted by molar-refractivity contribution is 0.297. The van der Waals surface area contributed by atoms with Crippen molar-refractivity contribution >= 4 is 15.7 Å². The fraction of sp³-hybridized carbons (Fsp3) is 0.600. The summed E-state index contributed by atoms with van der Waals surface area (Å²) in [6, 6.07) is 3.54. The third-order valence-corrected chi connectivity index (χ3v) is 5.67. The molecule has 0 radical (unpaired) electrons. The summed E-state index contributed by atoms with van der Waals surface area (Å²) in [6.07, 6.45) is 6.19. The molecule has 4 nitrogen and oxygen atoms in total. The van der Waals surface area contributed by atoms with Gasteiger partial charge in [0.25, 0.3) is 0 Å². The van der Waals surface area contributed by atoms with Crippen molar-refractivity contribution in [2.45, 2.75) is 56.4 Å². The number of halogens is 1. The van der Waals surface area contributed by atoms with Gasteiger partial charge in [0.05, 0.1) is 10.6 Å². The van der Waals surface area contributed by atoms with Crippen molar-refractivity contribution in [3.63, 3.8) is 0 Å². The third-order valence-electron chi connectivity index (χ3n) is 4.15. The Kier molecular flexibility index (Phi) is 5.22. The van der Waals surface area contributed by atoms with Crippen LogP contribution in [0.25, 0.3) is 0 Å². The molecule has 1 saturated carbocycles. The highest BCUT2D eigenvalue weighted by Crippen LogP contribution is 2.28. The maximum Gasteiger partial charge on any atom is 0.240 e. The summed E-state index contributed by atoms with van der Waals surface area (Å²) in [6.45, 7) is 2.17. The van der Waals surface area contributed by atoms with Crippen LogP contribution in [0.4, 0.5) is 10.1 Å². The van der Waals surface area contributed by atoms with E-state index in [1.165, 1.54) is 25.0 Å². The number of nitrogens with two attached hydrogens (primary N) is 1. The van der Waals surface area contributed by atoms with Gasteiger partial charge in [-0.05, 0) is 49.8 Å². The van der Waals surface area contributed by atoms with Gasteiger partial charge < -0.3 is 5.73 Å². The zero-order valence-corrected chi connectivity index (χ0v) is 13.1. The first-order valence-electron chi connectivity index (χ1n) is 7.49. The van der Waals surface area contributed by atoms with Gasteiger partial charge in [-0.3, -0.25) is 0 Å². The molecule has 0 unspecified atom stereocenters. The Hall–Kier alpha value is -1.14. The first kappa shape index (κ1) is 16.2. The molecule has 118 valence electrons. The quantitative estimate of drug-likeness (QED) is 0.821. The van der Waals surface area contributed by atoms with Gasteiger partial charge in [0.2, 0.25) is 10.0 Å². The minimum absolute atomic E-state index is 0.0472. The van der Waals surface area contributed by atoms with Crippen molar-refractivity contribution < 1.29 is 12.8 Å². The second-order valence-electron chi connectivity index (χ2n) is 5.81. The van der Waals surface area contributed by atoms with Crippen molar-refractivity contribution in [2.24, 2.45) is 5.92 Å². The second-order valence-corrected chi connectivity index (χ2v) is 7.52. The topological polar surface area (TPSA) is 72.2 Å². The highest BCUT2D eigenvalue weighted by Gasteiger charge is 2.25. The van der Waals surface area contributed by atoms with Crippen LogP contribution < -0.4 is 10.5 Å². The predicted octanol–water partition coefficient (Wildman–Crippen LogP) is 3.05. The van der Waals surface area contributed by atoms with Gasteiger partial charge in [-0.25, -0.2) is 17.5 Å².